The lowest BCUT2D eigenvalue weighted by Gasteiger charge is -2.23. The summed E-state index contributed by atoms with van der Waals surface area (Å²) < 4.78 is 12.9. The second-order valence-corrected chi connectivity index (χ2v) is 6.16. The highest BCUT2D eigenvalue weighted by molar-refractivity contribution is 7.21. The summed E-state index contributed by atoms with van der Waals surface area (Å²) in [5.41, 5.74) is 1.16. The Morgan fingerprint density at radius 1 is 1.25 bits per heavy atom. The molecule has 1 N–H and O–H groups in total. The van der Waals surface area contributed by atoms with Crippen LogP contribution >= 0.6 is 8.86 Å². The Bertz CT molecular complexity index is 453. The quantitative estimate of drug-likeness (QED) is 0.403. The number of hydrogen-bond donors (Lipinski definition) is 1. The average molecular weight is 351 g/mol. The third-order valence-electron chi connectivity index (χ3n) is 3.16. The van der Waals surface area contributed by atoms with Gasteiger partial charge in [0.1, 0.15) is 5.82 Å². The first-order valence-electron chi connectivity index (χ1n) is 8.74. The fourth-order valence-electron chi connectivity index (χ4n) is 1.99. The van der Waals surface area contributed by atoms with Crippen molar-refractivity contribution in [1.29, 1.82) is 0 Å². The van der Waals surface area contributed by atoms with Gasteiger partial charge in [0.05, 0.1) is 0 Å². The molecule has 1 aromatic carbocycles. The standard InChI is InChI=1S/C15H22FN.C4H7P.C2H6/c1-4-6-12(3)17-15(7-5-2)13-8-10-14(16)11-9-13;1-3-4(2)5;1-2/h4,8-12,15,17H,1,5-7H2,2-3H3;3,5H,1H2,2H3;1-2H3. The lowest BCUT2D eigenvalue weighted by atomic mass is 10.0. The first-order valence-corrected chi connectivity index (χ1v) is 9.24. The molecule has 136 valence electrons. The van der Waals surface area contributed by atoms with Gasteiger partial charge >= 0.3 is 0 Å². The minimum atomic E-state index is -0.178. The van der Waals surface area contributed by atoms with Crippen molar-refractivity contribution in [2.75, 3.05) is 0 Å². The molecule has 1 nitrogen and oxygen atoms in total. The molecule has 0 bridgehead atoms. The van der Waals surface area contributed by atoms with Crippen LogP contribution in [0.3, 0.4) is 0 Å². The van der Waals surface area contributed by atoms with E-state index < -0.39 is 0 Å². The first kappa shape index (κ1) is 25.0. The van der Waals surface area contributed by atoms with Crippen LogP contribution in [-0.4, -0.2) is 11.3 Å². The normalized spacial score (nSPS) is 11.8. The summed E-state index contributed by atoms with van der Waals surface area (Å²) in [6.45, 7) is 17.5. The third-order valence-corrected chi connectivity index (χ3v) is 3.37. The molecular weight excluding hydrogens is 316 g/mol. The van der Waals surface area contributed by atoms with Gasteiger partial charge in [-0.2, -0.15) is 0 Å². The van der Waals surface area contributed by atoms with E-state index in [9.17, 15) is 4.39 Å². The topological polar surface area (TPSA) is 12.0 Å². The van der Waals surface area contributed by atoms with Crippen LogP contribution in [0.4, 0.5) is 4.39 Å². The molecule has 3 heteroatoms. The highest BCUT2D eigenvalue weighted by Gasteiger charge is 2.12. The predicted molar refractivity (Wildman–Crippen MR) is 112 cm³/mol. The average Bonchev–Trinajstić information content (AvgIpc) is 2.58. The summed E-state index contributed by atoms with van der Waals surface area (Å²) in [7, 11) is 3.21. The van der Waals surface area contributed by atoms with E-state index >= 15 is 0 Å². The monoisotopic (exact) mass is 351 g/mol. The van der Waals surface area contributed by atoms with Gasteiger partial charge in [-0.3, -0.25) is 0 Å². The van der Waals surface area contributed by atoms with Gasteiger partial charge in [-0.15, -0.1) is 15.4 Å². The molecular formula is C21H35FNP. The molecule has 0 aromatic heterocycles. The number of hydrogen-bond acceptors (Lipinski definition) is 1. The lowest BCUT2D eigenvalue weighted by Crippen LogP contribution is -2.30. The van der Waals surface area contributed by atoms with Crippen LogP contribution in [0.15, 0.2) is 49.6 Å². The van der Waals surface area contributed by atoms with E-state index in [1.165, 1.54) is 12.1 Å². The number of benzene rings is 1. The zero-order valence-corrected chi connectivity index (χ0v) is 17.0. The van der Waals surface area contributed by atoms with Crippen LogP contribution in [0, 0.1) is 5.82 Å². The van der Waals surface area contributed by atoms with E-state index in [1.54, 1.807) is 6.08 Å². The molecule has 0 amide bonds. The molecule has 0 aliphatic heterocycles. The summed E-state index contributed by atoms with van der Waals surface area (Å²) >= 11 is 0. The smallest absolute Gasteiger partial charge is 0.123 e. The molecule has 0 saturated heterocycles. The van der Waals surface area contributed by atoms with Gasteiger partial charge in [0.15, 0.2) is 0 Å². The fourth-order valence-corrected chi connectivity index (χ4v) is 1.99. The van der Waals surface area contributed by atoms with E-state index in [0.29, 0.717) is 12.1 Å². The Kier molecular flexibility index (Phi) is 17.3. The summed E-state index contributed by atoms with van der Waals surface area (Å²) in [6.07, 6.45) is 6.78. The van der Waals surface area contributed by atoms with E-state index in [0.717, 1.165) is 30.1 Å². The van der Waals surface area contributed by atoms with Gasteiger partial charge in [-0.1, -0.05) is 58.1 Å². The van der Waals surface area contributed by atoms with Crippen molar-refractivity contribution in [2.24, 2.45) is 0 Å². The molecule has 0 radical (unpaired) electrons. The van der Waals surface area contributed by atoms with Crippen molar-refractivity contribution >= 4 is 14.2 Å². The summed E-state index contributed by atoms with van der Waals surface area (Å²) in [5, 5.41) is 4.63. The van der Waals surface area contributed by atoms with Crippen molar-refractivity contribution in [2.45, 2.75) is 66.0 Å². The second-order valence-electron chi connectivity index (χ2n) is 5.37. The molecule has 0 saturated carbocycles. The van der Waals surface area contributed by atoms with Crippen molar-refractivity contribution in [3.05, 3.63) is 61.0 Å². The number of halogens is 1. The highest BCUT2D eigenvalue weighted by atomic mass is 31.0. The Morgan fingerprint density at radius 3 is 2.12 bits per heavy atom. The fraction of sp³-hybridized carbons (Fsp3) is 0.476. The van der Waals surface area contributed by atoms with Gasteiger partial charge in [0, 0.05) is 12.1 Å². The number of rotatable bonds is 8. The Balaban J connectivity index is 0. The van der Waals surface area contributed by atoms with E-state index in [2.05, 4.69) is 41.2 Å². The molecule has 0 aliphatic carbocycles. The van der Waals surface area contributed by atoms with Crippen molar-refractivity contribution in [1.82, 2.24) is 5.32 Å². The van der Waals surface area contributed by atoms with Gasteiger partial charge < -0.3 is 5.32 Å². The SMILES string of the molecule is C=CC(C)=P.C=CCC(C)NC(CCC)c1ccc(F)cc1.CC. The van der Waals surface area contributed by atoms with Gasteiger partial charge in [-0.05, 0) is 49.7 Å². The van der Waals surface area contributed by atoms with Gasteiger partial charge in [-0.25, -0.2) is 4.39 Å². The molecule has 0 heterocycles. The molecule has 2 unspecified atom stereocenters. The molecule has 0 aliphatic rings. The van der Waals surface area contributed by atoms with Crippen LogP contribution in [0.5, 0.6) is 0 Å². The van der Waals surface area contributed by atoms with Crippen molar-refractivity contribution < 1.29 is 4.39 Å². The number of allylic oxidation sites excluding steroid dienone is 1. The Hall–Kier alpha value is -1.24. The molecule has 1 rings (SSSR count). The van der Waals surface area contributed by atoms with Crippen LogP contribution < -0.4 is 5.32 Å². The Morgan fingerprint density at radius 2 is 1.75 bits per heavy atom. The maximum absolute atomic E-state index is 12.9. The third kappa shape index (κ3) is 13.2. The van der Waals surface area contributed by atoms with Crippen molar-refractivity contribution in [3.63, 3.8) is 0 Å². The molecule has 0 fully saturated rings. The summed E-state index contributed by atoms with van der Waals surface area (Å²) in [5.74, 6) is -0.178. The minimum absolute atomic E-state index is 0.178. The Labute approximate surface area is 151 Å². The van der Waals surface area contributed by atoms with Crippen LogP contribution in [0.2, 0.25) is 0 Å². The molecule has 2 atom stereocenters. The second kappa shape index (κ2) is 16.6. The molecule has 0 spiro atoms. The molecule has 1 aromatic rings. The predicted octanol–water partition coefficient (Wildman–Crippen LogP) is 6.75. The number of nitrogens with one attached hydrogen (secondary N) is 1. The van der Waals surface area contributed by atoms with Crippen LogP contribution in [0.1, 0.15) is 65.5 Å². The van der Waals surface area contributed by atoms with Gasteiger partial charge in [0.2, 0.25) is 0 Å². The van der Waals surface area contributed by atoms with E-state index in [4.69, 9.17) is 0 Å². The summed E-state index contributed by atoms with van der Waals surface area (Å²) in [6, 6.07) is 7.48. The zero-order valence-electron chi connectivity index (χ0n) is 16.0. The largest absolute Gasteiger partial charge is 0.307 e. The lowest BCUT2D eigenvalue weighted by molar-refractivity contribution is 0.432. The molecule has 24 heavy (non-hydrogen) atoms. The zero-order chi connectivity index (χ0) is 19.0. The van der Waals surface area contributed by atoms with E-state index in [1.807, 2.05) is 39.0 Å². The maximum Gasteiger partial charge on any atom is 0.123 e. The van der Waals surface area contributed by atoms with Crippen LogP contribution in [0.25, 0.3) is 0 Å². The van der Waals surface area contributed by atoms with Gasteiger partial charge in [0.25, 0.3) is 0 Å². The maximum atomic E-state index is 12.9. The highest BCUT2D eigenvalue weighted by Crippen LogP contribution is 2.20. The van der Waals surface area contributed by atoms with E-state index in [-0.39, 0.29) is 5.82 Å². The van der Waals surface area contributed by atoms with Crippen molar-refractivity contribution in [3.8, 4) is 0 Å². The van der Waals surface area contributed by atoms with Crippen LogP contribution in [-0.2, 0) is 0 Å². The first-order chi connectivity index (χ1) is 11.4. The summed E-state index contributed by atoms with van der Waals surface area (Å²) in [4.78, 5) is 0. The minimum Gasteiger partial charge on any atom is -0.307 e.